The predicted molar refractivity (Wildman–Crippen MR) is 97.9 cm³/mol. The van der Waals surface area contributed by atoms with Crippen molar-refractivity contribution >= 4 is 5.82 Å². The van der Waals surface area contributed by atoms with Crippen molar-refractivity contribution < 1.29 is 0 Å². The summed E-state index contributed by atoms with van der Waals surface area (Å²) in [6.45, 7) is 8.79. The van der Waals surface area contributed by atoms with Gasteiger partial charge in [0.1, 0.15) is 17.5 Å². The Kier molecular flexibility index (Phi) is 5.50. The van der Waals surface area contributed by atoms with Crippen LogP contribution in [-0.2, 0) is 19.4 Å². The second-order valence-electron chi connectivity index (χ2n) is 6.84. The first-order chi connectivity index (χ1) is 12.1. The van der Waals surface area contributed by atoms with Gasteiger partial charge in [-0.25, -0.2) is 19.9 Å². The molecule has 0 bridgehead atoms. The molecule has 1 aliphatic rings. The van der Waals surface area contributed by atoms with Crippen molar-refractivity contribution in [3.05, 3.63) is 33.9 Å². The second kappa shape index (κ2) is 7.80. The van der Waals surface area contributed by atoms with Gasteiger partial charge in [-0.05, 0) is 39.0 Å². The first-order valence-electron chi connectivity index (χ1n) is 9.33. The van der Waals surface area contributed by atoms with Crippen LogP contribution in [0.1, 0.15) is 50.3 Å². The van der Waals surface area contributed by atoms with Gasteiger partial charge in [-0.3, -0.25) is 4.57 Å². The average Bonchev–Trinajstić information content (AvgIpc) is 2.97. The molecule has 0 aliphatic carbocycles. The van der Waals surface area contributed by atoms with Gasteiger partial charge in [0, 0.05) is 37.8 Å². The third kappa shape index (κ3) is 3.91. The van der Waals surface area contributed by atoms with Crippen molar-refractivity contribution in [2.45, 2.75) is 59.4 Å². The summed E-state index contributed by atoms with van der Waals surface area (Å²) in [5.74, 6) is 3.39. The van der Waals surface area contributed by atoms with Crippen LogP contribution in [-0.4, -0.2) is 37.8 Å². The second-order valence-corrected chi connectivity index (χ2v) is 6.84. The molecule has 0 saturated carbocycles. The van der Waals surface area contributed by atoms with Crippen molar-refractivity contribution in [1.82, 2.24) is 24.7 Å². The van der Waals surface area contributed by atoms with E-state index in [1.54, 1.807) is 4.57 Å². The summed E-state index contributed by atoms with van der Waals surface area (Å²) in [5, 5.41) is 6.77. The van der Waals surface area contributed by atoms with Gasteiger partial charge in [0.2, 0.25) is 0 Å². The first kappa shape index (κ1) is 17.6. The number of hydrogen-bond acceptors (Lipinski definition) is 5. The Labute approximate surface area is 148 Å². The molecule has 2 aromatic heterocycles. The van der Waals surface area contributed by atoms with Crippen LogP contribution in [0.15, 0.2) is 11.0 Å². The minimum absolute atomic E-state index is 0.101. The molecule has 3 rings (SSSR count). The molecule has 1 saturated heterocycles. The molecule has 136 valence electrons. The molecule has 1 N–H and O–H groups in total. The minimum Gasteiger partial charge on any atom is -0.356 e. The van der Waals surface area contributed by atoms with Crippen LogP contribution in [0.25, 0.3) is 0 Å². The summed E-state index contributed by atoms with van der Waals surface area (Å²) in [5.41, 5.74) is 1.15. The van der Waals surface area contributed by atoms with E-state index in [9.17, 15) is 4.79 Å². The van der Waals surface area contributed by atoms with Gasteiger partial charge in [0.05, 0.1) is 0 Å². The molecule has 7 heteroatoms. The zero-order valence-corrected chi connectivity index (χ0v) is 15.5. The van der Waals surface area contributed by atoms with Gasteiger partial charge >= 0.3 is 5.69 Å². The highest BCUT2D eigenvalue weighted by atomic mass is 16.1. The molecule has 0 radical (unpaired) electrons. The maximum Gasteiger partial charge on any atom is 0.343 e. The van der Waals surface area contributed by atoms with E-state index in [0.717, 1.165) is 62.7 Å². The number of aromatic amines is 1. The Morgan fingerprint density at radius 1 is 1.28 bits per heavy atom. The van der Waals surface area contributed by atoms with E-state index >= 15 is 0 Å². The zero-order chi connectivity index (χ0) is 17.8. The van der Waals surface area contributed by atoms with Crippen molar-refractivity contribution in [2.75, 3.05) is 18.0 Å². The van der Waals surface area contributed by atoms with Gasteiger partial charge < -0.3 is 4.90 Å². The average molecular weight is 344 g/mol. The zero-order valence-electron chi connectivity index (χ0n) is 15.5. The van der Waals surface area contributed by atoms with Crippen LogP contribution in [0, 0.1) is 12.8 Å². The maximum atomic E-state index is 11.7. The standard InChI is InChI=1S/C18H28N6O/c1-4-6-15-12-19-13(3)20-17(15)23-9-7-14(8-10-23)11-16-21-22-18(25)24(16)5-2/h12,14H,4-11H2,1-3H3,(H,22,25). The van der Waals surface area contributed by atoms with E-state index in [1.165, 1.54) is 5.56 Å². The molecule has 1 aliphatic heterocycles. The van der Waals surface area contributed by atoms with Crippen molar-refractivity contribution in [3.63, 3.8) is 0 Å². The Morgan fingerprint density at radius 3 is 2.72 bits per heavy atom. The summed E-state index contributed by atoms with van der Waals surface area (Å²) in [6.07, 6.45) is 7.16. The molecule has 7 nitrogen and oxygen atoms in total. The van der Waals surface area contributed by atoms with Gasteiger partial charge in [0.25, 0.3) is 0 Å². The summed E-state index contributed by atoms with van der Waals surface area (Å²) in [4.78, 5) is 23.2. The molecule has 3 heterocycles. The summed E-state index contributed by atoms with van der Waals surface area (Å²) >= 11 is 0. The fourth-order valence-electron chi connectivity index (χ4n) is 3.64. The predicted octanol–water partition coefficient (Wildman–Crippen LogP) is 2.10. The number of aromatic nitrogens is 5. The molecule has 0 spiro atoms. The van der Waals surface area contributed by atoms with Crippen LogP contribution < -0.4 is 10.6 Å². The highest BCUT2D eigenvalue weighted by Gasteiger charge is 2.24. The fourth-order valence-corrected chi connectivity index (χ4v) is 3.64. The monoisotopic (exact) mass is 344 g/mol. The van der Waals surface area contributed by atoms with Crippen molar-refractivity contribution in [3.8, 4) is 0 Å². The topological polar surface area (TPSA) is 79.7 Å². The number of hydrogen-bond donors (Lipinski definition) is 1. The van der Waals surface area contributed by atoms with Gasteiger partial charge in [0.15, 0.2) is 0 Å². The first-order valence-corrected chi connectivity index (χ1v) is 9.33. The third-order valence-electron chi connectivity index (χ3n) is 5.02. The smallest absolute Gasteiger partial charge is 0.343 e. The van der Waals surface area contributed by atoms with Crippen LogP contribution in [0.5, 0.6) is 0 Å². The van der Waals surface area contributed by atoms with E-state index in [2.05, 4.69) is 27.0 Å². The Hall–Kier alpha value is -2.18. The largest absolute Gasteiger partial charge is 0.356 e. The lowest BCUT2D eigenvalue weighted by atomic mass is 9.93. The van der Waals surface area contributed by atoms with Crippen molar-refractivity contribution in [2.24, 2.45) is 5.92 Å². The quantitative estimate of drug-likeness (QED) is 0.868. The van der Waals surface area contributed by atoms with E-state index < -0.39 is 0 Å². The number of anilines is 1. The van der Waals surface area contributed by atoms with Gasteiger partial charge in [-0.15, -0.1) is 0 Å². The fraction of sp³-hybridized carbons (Fsp3) is 0.667. The lowest BCUT2D eigenvalue weighted by Gasteiger charge is -2.33. The van der Waals surface area contributed by atoms with Crippen LogP contribution in [0.2, 0.25) is 0 Å². The van der Waals surface area contributed by atoms with Crippen molar-refractivity contribution in [1.29, 1.82) is 0 Å². The molecule has 25 heavy (non-hydrogen) atoms. The highest BCUT2D eigenvalue weighted by molar-refractivity contribution is 5.46. The van der Waals surface area contributed by atoms with E-state index in [4.69, 9.17) is 4.98 Å². The minimum atomic E-state index is -0.101. The molecule has 0 amide bonds. The Morgan fingerprint density at radius 2 is 2.04 bits per heavy atom. The molecule has 0 unspecified atom stereocenters. The number of nitrogens with one attached hydrogen (secondary N) is 1. The highest BCUT2D eigenvalue weighted by Crippen LogP contribution is 2.26. The Balaban J connectivity index is 1.66. The lowest BCUT2D eigenvalue weighted by Crippen LogP contribution is -2.36. The summed E-state index contributed by atoms with van der Waals surface area (Å²) in [7, 11) is 0. The molecule has 2 aromatic rings. The number of rotatable bonds is 6. The van der Waals surface area contributed by atoms with Crippen LogP contribution in [0.4, 0.5) is 5.82 Å². The number of piperidine rings is 1. The SMILES string of the molecule is CCCc1cnc(C)nc1N1CCC(Cc2n[nH]c(=O)n2CC)CC1. The van der Waals surface area contributed by atoms with E-state index in [0.29, 0.717) is 12.5 Å². The third-order valence-corrected chi connectivity index (χ3v) is 5.02. The van der Waals surface area contributed by atoms with Crippen LogP contribution >= 0.6 is 0 Å². The normalized spacial score (nSPS) is 15.7. The molecular weight excluding hydrogens is 316 g/mol. The number of H-pyrrole nitrogens is 1. The van der Waals surface area contributed by atoms with E-state index in [1.807, 2.05) is 20.0 Å². The summed E-state index contributed by atoms with van der Waals surface area (Å²) in [6, 6.07) is 0. The molecule has 0 atom stereocenters. The Bertz CT molecular complexity index is 757. The van der Waals surface area contributed by atoms with Gasteiger partial charge in [-0.2, -0.15) is 5.10 Å². The lowest BCUT2D eigenvalue weighted by molar-refractivity contribution is 0.389. The maximum absolute atomic E-state index is 11.7. The molecular formula is C18H28N6O. The summed E-state index contributed by atoms with van der Waals surface area (Å²) < 4.78 is 1.74. The number of nitrogens with zero attached hydrogens (tertiary/aromatic N) is 5. The molecule has 1 fully saturated rings. The van der Waals surface area contributed by atoms with Gasteiger partial charge in [-0.1, -0.05) is 13.3 Å². The van der Waals surface area contributed by atoms with Crippen LogP contribution in [0.3, 0.4) is 0 Å². The van der Waals surface area contributed by atoms with E-state index in [-0.39, 0.29) is 5.69 Å². The molecule has 0 aromatic carbocycles. The number of aryl methyl sites for hydroxylation is 2.